The van der Waals surface area contributed by atoms with Gasteiger partial charge in [-0.3, -0.25) is 4.79 Å². The number of hydrogen-bond acceptors (Lipinski definition) is 4. The Morgan fingerprint density at radius 1 is 1.44 bits per heavy atom. The Morgan fingerprint density at radius 2 is 2.19 bits per heavy atom. The summed E-state index contributed by atoms with van der Waals surface area (Å²) in [7, 11) is 0. The van der Waals surface area contributed by atoms with Crippen LogP contribution in [-0.4, -0.2) is 28.0 Å². The number of nitrogens with zero attached hydrogens (tertiary/aromatic N) is 2. The largest absolute Gasteiger partial charge is 0.322 e. The molecule has 0 aliphatic carbocycles. The van der Waals surface area contributed by atoms with E-state index in [9.17, 15) is 4.79 Å². The lowest BCUT2D eigenvalue weighted by Gasteiger charge is -2.33. The molecule has 1 atom stereocenters. The smallest absolute Gasteiger partial charge is 0.244 e. The second-order valence-electron chi connectivity index (χ2n) is 4.30. The lowest BCUT2D eigenvalue weighted by Crippen LogP contribution is -2.54. The van der Waals surface area contributed by atoms with Gasteiger partial charge in [0, 0.05) is 0 Å². The van der Waals surface area contributed by atoms with E-state index < -0.39 is 5.54 Å². The summed E-state index contributed by atoms with van der Waals surface area (Å²) in [6, 6.07) is 0. The first-order chi connectivity index (χ1) is 7.71. The molecule has 1 amide bonds. The maximum absolute atomic E-state index is 12.1. The molecule has 1 aliphatic heterocycles. The van der Waals surface area contributed by atoms with E-state index in [1.54, 1.807) is 12.4 Å². The van der Waals surface area contributed by atoms with Crippen molar-refractivity contribution in [2.24, 2.45) is 0 Å². The van der Waals surface area contributed by atoms with Crippen LogP contribution in [0.3, 0.4) is 0 Å². The van der Waals surface area contributed by atoms with Crippen molar-refractivity contribution in [3.8, 4) is 0 Å². The fourth-order valence-electron chi connectivity index (χ4n) is 1.88. The molecule has 1 aliphatic rings. The third kappa shape index (κ3) is 2.36. The van der Waals surface area contributed by atoms with Crippen LogP contribution in [0.25, 0.3) is 0 Å². The predicted molar refractivity (Wildman–Crippen MR) is 60.9 cm³/mol. The molecule has 16 heavy (non-hydrogen) atoms. The van der Waals surface area contributed by atoms with Gasteiger partial charge in [-0.15, -0.1) is 0 Å². The van der Waals surface area contributed by atoms with Crippen molar-refractivity contribution in [3.05, 3.63) is 18.7 Å². The van der Waals surface area contributed by atoms with Crippen LogP contribution in [0.4, 0.5) is 5.69 Å². The van der Waals surface area contributed by atoms with E-state index in [0.29, 0.717) is 5.69 Å². The number of nitrogens with one attached hydrogen (secondary N) is 2. The number of piperidine rings is 1. The Bertz CT molecular complexity index is 360. The van der Waals surface area contributed by atoms with Gasteiger partial charge in [-0.25, -0.2) is 9.97 Å². The second-order valence-corrected chi connectivity index (χ2v) is 4.30. The number of amides is 1. The summed E-state index contributed by atoms with van der Waals surface area (Å²) in [6.07, 6.45) is 7.72. The summed E-state index contributed by atoms with van der Waals surface area (Å²) >= 11 is 0. The number of carbonyl (C=O) groups is 1. The standard InChI is InChI=1S/C11H16N4O/c1-11(4-2-3-5-14-11)10(16)15-9-6-12-8-13-7-9/h6-8,14H,2-5H2,1H3,(H,15,16). The summed E-state index contributed by atoms with van der Waals surface area (Å²) in [5.41, 5.74) is 0.176. The Morgan fingerprint density at radius 3 is 2.81 bits per heavy atom. The zero-order chi connectivity index (χ0) is 11.4. The fourth-order valence-corrected chi connectivity index (χ4v) is 1.88. The molecule has 5 heteroatoms. The Balaban J connectivity index is 2.02. The highest BCUT2D eigenvalue weighted by atomic mass is 16.2. The molecule has 0 aromatic carbocycles. The lowest BCUT2D eigenvalue weighted by atomic mass is 9.90. The molecular weight excluding hydrogens is 204 g/mol. The van der Waals surface area contributed by atoms with Crippen LogP contribution in [0, 0.1) is 0 Å². The minimum atomic E-state index is -0.464. The number of carbonyl (C=O) groups excluding carboxylic acids is 1. The monoisotopic (exact) mass is 220 g/mol. The van der Waals surface area contributed by atoms with E-state index in [4.69, 9.17) is 0 Å². The first-order valence-electron chi connectivity index (χ1n) is 5.52. The maximum atomic E-state index is 12.1. The van der Waals surface area contributed by atoms with E-state index in [1.165, 1.54) is 6.33 Å². The molecule has 2 N–H and O–H groups in total. The van der Waals surface area contributed by atoms with Crippen LogP contribution in [0.2, 0.25) is 0 Å². The van der Waals surface area contributed by atoms with E-state index in [1.807, 2.05) is 6.92 Å². The summed E-state index contributed by atoms with van der Waals surface area (Å²) < 4.78 is 0. The van der Waals surface area contributed by atoms with Gasteiger partial charge in [0.05, 0.1) is 23.6 Å². The van der Waals surface area contributed by atoms with Gasteiger partial charge < -0.3 is 10.6 Å². The minimum absolute atomic E-state index is 0.0120. The summed E-state index contributed by atoms with van der Waals surface area (Å²) in [6.45, 7) is 2.83. The van der Waals surface area contributed by atoms with Gasteiger partial charge >= 0.3 is 0 Å². The zero-order valence-corrected chi connectivity index (χ0v) is 9.36. The number of anilines is 1. The Kier molecular flexibility index (Phi) is 3.14. The average molecular weight is 220 g/mol. The quantitative estimate of drug-likeness (QED) is 0.778. The van der Waals surface area contributed by atoms with Crippen molar-refractivity contribution in [2.45, 2.75) is 31.7 Å². The van der Waals surface area contributed by atoms with Crippen molar-refractivity contribution in [2.75, 3.05) is 11.9 Å². The molecule has 1 aromatic rings. The van der Waals surface area contributed by atoms with Crippen molar-refractivity contribution >= 4 is 11.6 Å². The van der Waals surface area contributed by atoms with Crippen molar-refractivity contribution in [3.63, 3.8) is 0 Å². The first-order valence-corrected chi connectivity index (χ1v) is 5.52. The fraction of sp³-hybridized carbons (Fsp3) is 0.545. The molecule has 2 heterocycles. The predicted octanol–water partition coefficient (Wildman–Crippen LogP) is 0.947. The zero-order valence-electron chi connectivity index (χ0n) is 9.36. The van der Waals surface area contributed by atoms with Crippen molar-refractivity contribution in [1.29, 1.82) is 0 Å². The van der Waals surface area contributed by atoms with Gasteiger partial charge in [0.2, 0.25) is 5.91 Å². The molecule has 2 rings (SSSR count). The highest BCUT2D eigenvalue weighted by Crippen LogP contribution is 2.20. The van der Waals surface area contributed by atoms with Gasteiger partial charge in [-0.2, -0.15) is 0 Å². The number of rotatable bonds is 2. The molecule has 1 unspecified atom stereocenters. The van der Waals surface area contributed by atoms with Gasteiger partial charge in [-0.1, -0.05) is 0 Å². The highest BCUT2D eigenvalue weighted by molar-refractivity contribution is 5.97. The normalized spacial score (nSPS) is 25.1. The van der Waals surface area contributed by atoms with Crippen LogP contribution < -0.4 is 10.6 Å². The van der Waals surface area contributed by atoms with Gasteiger partial charge in [0.1, 0.15) is 6.33 Å². The number of aromatic nitrogens is 2. The molecular formula is C11H16N4O. The second kappa shape index (κ2) is 4.57. The molecule has 0 saturated carbocycles. The average Bonchev–Trinajstić information content (AvgIpc) is 2.31. The number of hydrogen-bond donors (Lipinski definition) is 2. The SMILES string of the molecule is CC1(C(=O)Nc2cncnc2)CCCCN1. The van der Waals surface area contributed by atoms with Crippen LogP contribution in [-0.2, 0) is 4.79 Å². The molecule has 1 aromatic heterocycles. The van der Waals surface area contributed by atoms with Crippen LogP contribution in [0.5, 0.6) is 0 Å². The summed E-state index contributed by atoms with van der Waals surface area (Å²) in [4.78, 5) is 19.8. The van der Waals surface area contributed by atoms with E-state index in [2.05, 4.69) is 20.6 Å². The lowest BCUT2D eigenvalue weighted by molar-refractivity contribution is -0.122. The molecule has 0 spiro atoms. The van der Waals surface area contributed by atoms with Crippen LogP contribution >= 0.6 is 0 Å². The van der Waals surface area contributed by atoms with Crippen molar-refractivity contribution < 1.29 is 4.79 Å². The molecule has 1 saturated heterocycles. The van der Waals surface area contributed by atoms with Crippen molar-refractivity contribution in [1.82, 2.24) is 15.3 Å². The van der Waals surface area contributed by atoms with Crippen LogP contribution in [0.1, 0.15) is 26.2 Å². The van der Waals surface area contributed by atoms with Gasteiger partial charge in [0.15, 0.2) is 0 Å². The maximum Gasteiger partial charge on any atom is 0.244 e. The van der Waals surface area contributed by atoms with Gasteiger partial charge in [0.25, 0.3) is 0 Å². The van der Waals surface area contributed by atoms with E-state index in [0.717, 1.165) is 25.8 Å². The summed E-state index contributed by atoms with van der Waals surface area (Å²) in [5.74, 6) is -0.0120. The first kappa shape index (κ1) is 11.0. The molecule has 0 bridgehead atoms. The van der Waals surface area contributed by atoms with Gasteiger partial charge in [-0.05, 0) is 32.7 Å². The summed E-state index contributed by atoms with van der Waals surface area (Å²) in [5, 5.41) is 6.09. The molecule has 86 valence electrons. The minimum Gasteiger partial charge on any atom is -0.322 e. The Labute approximate surface area is 94.7 Å². The van der Waals surface area contributed by atoms with E-state index >= 15 is 0 Å². The van der Waals surface area contributed by atoms with Crippen LogP contribution in [0.15, 0.2) is 18.7 Å². The Hall–Kier alpha value is -1.49. The third-order valence-electron chi connectivity index (χ3n) is 2.94. The molecule has 0 radical (unpaired) electrons. The molecule has 5 nitrogen and oxygen atoms in total. The highest BCUT2D eigenvalue weighted by Gasteiger charge is 2.34. The topological polar surface area (TPSA) is 66.9 Å². The molecule has 1 fully saturated rings. The van der Waals surface area contributed by atoms with E-state index in [-0.39, 0.29) is 5.91 Å². The third-order valence-corrected chi connectivity index (χ3v) is 2.94.